The van der Waals surface area contributed by atoms with Crippen LogP contribution in [0.25, 0.3) is 11.3 Å². The van der Waals surface area contributed by atoms with E-state index in [1.54, 1.807) is 43.4 Å². The molecular weight excluding hydrogens is 334 g/mol. The van der Waals surface area contributed by atoms with E-state index in [4.69, 9.17) is 4.52 Å². The number of rotatable bonds is 4. The van der Waals surface area contributed by atoms with Gasteiger partial charge in [0, 0.05) is 16.6 Å². The fourth-order valence-corrected chi connectivity index (χ4v) is 4.31. The Labute approximate surface area is 138 Å². The second kappa shape index (κ2) is 5.78. The maximum atomic E-state index is 12.5. The quantitative estimate of drug-likeness (QED) is 0.779. The number of thiazole rings is 1. The van der Waals surface area contributed by atoms with Crippen LogP contribution in [0.4, 0.5) is 5.69 Å². The van der Waals surface area contributed by atoms with Gasteiger partial charge in [-0.25, -0.2) is 13.4 Å². The molecule has 0 spiro atoms. The number of anilines is 1. The van der Waals surface area contributed by atoms with Crippen molar-refractivity contribution in [3.05, 3.63) is 46.1 Å². The zero-order valence-corrected chi connectivity index (χ0v) is 14.5. The average Bonchev–Trinajstić information content (AvgIpc) is 3.05. The summed E-state index contributed by atoms with van der Waals surface area (Å²) in [5.41, 5.74) is 2.48. The summed E-state index contributed by atoms with van der Waals surface area (Å²) in [6, 6.07) is 7.13. The van der Waals surface area contributed by atoms with Crippen LogP contribution in [-0.4, -0.2) is 18.6 Å². The van der Waals surface area contributed by atoms with Gasteiger partial charge in [0.05, 0.1) is 10.7 Å². The van der Waals surface area contributed by atoms with Crippen LogP contribution in [0.1, 0.15) is 16.5 Å². The van der Waals surface area contributed by atoms with Crippen molar-refractivity contribution >= 4 is 27.0 Å². The van der Waals surface area contributed by atoms with E-state index in [0.717, 1.165) is 16.3 Å². The van der Waals surface area contributed by atoms with Gasteiger partial charge in [0.25, 0.3) is 10.0 Å². The van der Waals surface area contributed by atoms with Gasteiger partial charge < -0.3 is 4.52 Å². The third-order valence-corrected chi connectivity index (χ3v) is 5.66. The Morgan fingerprint density at radius 3 is 2.61 bits per heavy atom. The molecule has 0 fully saturated rings. The van der Waals surface area contributed by atoms with Gasteiger partial charge in [-0.3, -0.25) is 4.72 Å². The number of hydrogen-bond donors (Lipinski definition) is 1. The molecule has 2 aromatic heterocycles. The molecule has 0 aliphatic carbocycles. The van der Waals surface area contributed by atoms with Crippen LogP contribution in [0, 0.1) is 20.8 Å². The van der Waals surface area contributed by atoms with E-state index in [0.29, 0.717) is 11.4 Å². The molecule has 1 N–H and O–H groups in total. The first-order valence-electron chi connectivity index (χ1n) is 6.85. The maximum Gasteiger partial charge on any atom is 0.267 e. The Bertz CT molecular complexity index is 939. The van der Waals surface area contributed by atoms with Gasteiger partial charge in [-0.05, 0) is 32.9 Å². The number of hydrogen-bond acceptors (Lipinski definition) is 6. The minimum Gasteiger partial charge on any atom is -0.360 e. The second-order valence-corrected chi connectivity index (χ2v) is 7.77. The van der Waals surface area contributed by atoms with Crippen molar-refractivity contribution in [3.8, 4) is 11.3 Å². The van der Waals surface area contributed by atoms with Crippen molar-refractivity contribution in [1.29, 1.82) is 0 Å². The van der Waals surface area contributed by atoms with Crippen LogP contribution >= 0.6 is 11.3 Å². The van der Waals surface area contributed by atoms with E-state index in [2.05, 4.69) is 14.9 Å². The van der Waals surface area contributed by atoms with E-state index >= 15 is 0 Å². The van der Waals surface area contributed by atoms with Crippen LogP contribution in [0.15, 0.2) is 39.1 Å². The molecule has 0 atom stereocenters. The number of nitrogens with zero attached hydrogens (tertiary/aromatic N) is 2. The van der Waals surface area contributed by atoms with Crippen molar-refractivity contribution in [2.24, 2.45) is 0 Å². The zero-order valence-electron chi connectivity index (χ0n) is 12.8. The average molecular weight is 349 g/mol. The number of aromatic nitrogens is 2. The lowest BCUT2D eigenvalue weighted by molar-refractivity contribution is 0.390. The summed E-state index contributed by atoms with van der Waals surface area (Å²) < 4.78 is 32.6. The van der Waals surface area contributed by atoms with Gasteiger partial charge in [-0.2, -0.15) is 0 Å². The third-order valence-electron chi connectivity index (χ3n) is 3.27. The van der Waals surface area contributed by atoms with E-state index < -0.39 is 10.0 Å². The summed E-state index contributed by atoms with van der Waals surface area (Å²) in [6.07, 6.45) is 0. The highest BCUT2D eigenvalue weighted by Crippen LogP contribution is 2.27. The van der Waals surface area contributed by atoms with Crippen molar-refractivity contribution < 1.29 is 12.9 Å². The Morgan fingerprint density at radius 1 is 1.22 bits per heavy atom. The lowest BCUT2D eigenvalue weighted by atomic mass is 10.1. The maximum absolute atomic E-state index is 12.5. The first-order valence-corrected chi connectivity index (χ1v) is 9.21. The molecule has 23 heavy (non-hydrogen) atoms. The number of sulfonamides is 1. The van der Waals surface area contributed by atoms with E-state index in [1.165, 1.54) is 0 Å². The molecule has 0 unspecified atom stereocenters. The normalized spacial score (nSPS) is 11.6. The van der Waals surface area contributed by atoms with Crippen LogP contribution in [0.2, 0.25) is 0 Å². The minimum absolute atomic E-state index is 0.0763. The first-order chi connectivity index (χ1) is 10.9. The topological polar surface area (TPSA) is 85.1 Å². The van der Waals surface area contributed by atoms with Crippen molar-refractivity contribution in [2.45, 2.75) is 25.7 Å². The molecule has 120 valence electrons. The Morgan fingerprint density at radius 2 is 2.00 bits per heavy atom. The fourth-order valence-electron chi connectivity index (χ4n) is 2.30. The molecule has 8 heteroatoms. The van der Waals surface area contributed by atoms with Crippen molar-refractivity contribution in [2.75, 3.05) is 4.72 Å². The van der Waals surface area contributed by atoms with Crippen molar-refractivity contribution in [3.63, 3.8) is 0 Å². The number of benzene rings is 1. The van der Waals surface area contributed by atoms with Gasteiger partial charge in [0.1, 0.15) is 5.69 Å². The summed E-state index contributed by atoms with van der Waals surface area (Å²) in [6.45, 7) is 5.10. The first kappa shape index (κ1) is 15.7. The van der Waals surface area contributed by atoms with Crippen LogP contribution in [0.5, 0.6) is 0 Å². The molecule has 0 aliphatic heterocycles. The van der Waals surface area contributed by atoms with Gasteiger partial charge in [-0.15, -0.1) is 11.3 Å². The summed E-state index contributed by atoms with van der Waals surface area (Å²) in [7, 11) is -3.75. The standard InChI is InChI=1S/C15H15N3O3S2/c1-9-15(10(2)21-17-9)23(19,20)18-13-6-4-5-12(7-13)14-8-22-11(3)16-14/h4-8,18H,1-3H3. The zero-order chi connectivity index (χ0) is 16.6. The molecule has 2 heterocycles. The summed E-state index contributed by atoms with van der Waals surface area (Å²) in [5.74, 6) is 0.265. The lowest BCUT2D eigenvalue weighted by Crippen LogP contribution is -2.14. The molecule has 0 aliphatic rings. The third kappa shape index (κ3) is 3.13. The highest BCUT2D eigenvalue weighted by molar-refractivity contribution is 7.92. The van der Waals surface area contributed by atoms with Gasteiger partial charge in [-0.1, -0.05) is 17.3 Å². The molecule has 3 aromatic rings. The fraction of sp³-hybridized carbons (Fsp3) is 0.200. The summed E-state index contributed by atoms with van der Waals surface area (Å²) in [5, 5.41) is 6.59. The molecule has 3 rings (SSSR count). The van der Waals surface area contributed by atoms with Crippen LogP contribution in [0.3, 0.4) is 0 Å². The predicted molar refractivity (Wildman–Crippen MR) is 89.1 cm³/mol. The molecular formula is C15H15N3O3S2. The van der Waals surface area contributed by atoms with E-state index in [-0.39, 0.29) is 10.7 Å². The molecule has 0 radical (unpaired) electrons. The number of nitrogens with one attached hydrogen (secondary N) is 1. The highest BCUT2D eigenvalue weighted by atomic mass is 32.2. The molecule has 6 nitrogen and oxygen atoms in total. The predicted octanol–water partition coefficient (Wildman–Crippen LogP) is 3.52. The number of aryl methyl sites for hydroxylation is 3. The molecule has 1 aromatic carbocycles. The highest BCUT2D eigenvalue weighted by Gasteiger charge is 2.24. The van der Waals surface area contributed by atoms with Crippen LogP contribution < -0.4 is 4.72 Å². The Hall–Kier alpha value is -2.19. The van der Waals surface area contributed by atoms with Gasteiger partial charge in [0.2, 0.25) is 0 Å². The monoisotopic (exact) mass is 349 g/mol. The molecule has 0 amide bonds. The SMILES string of the molecule is Cc1nc(-c2cccc(NS(=O)(=O)c3c(C)noc3C)c2)cs1. The second-order valence-electron chi connectivity index (χ2n) is 5.09. The van der Waals surface area contributed by atoms with Gasteiger partial charge in [0.15, 0.2) is 10.7 Å². The van der Waals surface area contributed by atoms with Crippen molar-refractivity contribution in [1.82, 2.24) is 10.1 Å². The lowest BCUT2D eigenvalue weighted by Gasteiger charge is -2.08. The Kier molecular flexibility index (Phi) is 3.95. The smallest absolute Gasteiger partial charge is 0.267 e. The van der Waals surface area contributed by atoms with Crippen LogP contribution in [-0.2, 0) is 10.0 Å². The summed E-state index contributed by atoms with van der Waals surface area (Å²) in [4.78, 5) is 4.49. The van der Waals surface area contributed by atoms with E-state index in [1.807, 2.05) is 18.4 Å². The molecule has 0 bridgehead atoms. The minimum atomic E-state index is -3.75. The summed E-state index contributed by atoms with van der Waals surface area (Å²) >= 11 is 1.55. The van der Waals surface area contributed by atoms with Gasteiger partial charge >= 0.3 is 0 Å². The Balaban J connectivity index is 1.94. The van der Waals surface area contributed by atoms with E-state index in [9.17, 15) is 8.42 Å². The molecule has 0 saturated carbocycles. The molecule has 0 saturated heterocycles. The largest absolute Gasteiger partial charge is 0.360 e.